The lowest BCUT2D eigenvalue weighted by molar-refractivity contribution is 0.100. The molecule has 1 aliphatic rings. The maximum Gasteiger partial charge on any atom is 0.252 e. The van der Waals surface area contributed by atoms with Gasteiger partial charge in [-0.3, -0.25) is 4.79 Å². The van der Waals surface area contributed by atoms with Crippen molar-refractivity contribution in [1.29, 1.82) is 0 Å². The molecule has 5 nitrogen and oxygen atoms in total. The highest BCUT2D eigenvalue weighted by Crippen LogP contribution is 2.31. The van der Waals surface area contributed by atoms with Gasteiger partial charge >= 0.3 is 0 Å². The number of primary amides is 1. The summed E-state index contributed by atoms with van der Waals surface area (Å²) in [7, 11) is 0. The van der Waals surface area contributed by atoms with Crippen molar-refractivity contribution < 1.29 is 4.79 Å². The van der Waals surface area contributed by atoms with Crippen molar-refractivity contribution in [3.05, 3.63) is 17.8 Å². The van der Waals surface area contributed by atoms with E-state index in [-0.39, 0.29) is 0 Å². The molecule has 1 aromatic rings. The van der Waals surface area contributed by atoms with Gasteiger partial charge in [0.2, 0.25) is 0 Å². The Bertz CT molecular complexity index is 429. The van der Waals surface area contributed by atoms with E-state index >= 15 is 0 Å². The quantitative estimate of drug-likeness (QED) is 0.795. The third-order valence-electron chi connectivity index (χ3n) is 3.01. The summed E-state index contributed by atoms with van der Waals surface area (Å²) in [5, 5.41) is 0. The minimum absolute atomic E-state index is 0.410. The van der Waals surface area contributed by atoms with Gasteiger partial charge in [-0.2, -0.15) is 0 Å². The Balaban J connectivity index is 2.30. The first-order valence-corrected chi connectivity index (χ1v) is 5.92. The van der Waals surface area contributed by atoms with Crippen LogP contribution in [0.5, 0.6) is 0 Å². The van der Waals surface area contributed by atoms with Crippen molar-refractivity contribution >= 4 is 17.4 Å². The molecule has 0 bridgehead atoms. The molecule has 0 atom stereocenters. The van der Waals surface area contributed by atoms with Crippen LogP contribution in [-0.2, 0) is 0 Å². The average molecular weight is 234 g/mol. The van der Waals surface area contributed by atoms with Crippen LogP contribution < -0.4 is 16.4 Å². The number of amides is 1. The lowest BCUT2D eigenvalue weighted by Gasteiger charge is -2.23. The predicted molar refractivity (Wildman–Crippen MR) is 67.8 cm³/mol. The Labute approximate surface area is 101 Å². The number of aromatic nitrogens is 1. The van der Waals surface area contributed by atoms with E-state index in [1.54, 1.807) is 12.3 Å². The number of carbonyl (C=O) groups excluding carboxylic acids is 1. The number of anilines is 2. The zero-order valence-electron chi connectivity index (χ0n) is 10.0. The van der Waals surface area contributed by atoms with Gasteiger partial charge < -0.3 is 16.4 Å². The molecule has 1 amide bonds. The molecule has 1 heterocycles. The SMILES string of the molecule is CCN(CC1CC1)c1ncc(N)cc1C(N)=O. The standard InChI is InChI=1S/C12H18N4O/c1-2-16(7-8-3-4-8)12-10(11(14)17)5-9(13)6-15-12/h5-6,8H,2-4,7,13H2,1H3,(H2,14,17). The fourth-order valence-electron chi connectivity index (χ4n) is 1.88. The van der Waals surface area contributed by atoms with Crippen molar-refractivity contribution in [2.75, 3.05) is 23.7 Å². The van der Waals surface area contributed by atoms with Gasteiger partial charge in [0, 0.05) is 13.1 Å². The van der Waals surface area contributed by atoms with E-state index < -0.39 is 5.91 Å². The largest absolute Gasteiger partial charge is 0.397 e. The normalized spacial score (nSPS) is 14.6. The number of pyridine rings is 1. The summed E-state index contributed by atoms with van der Waals surface area (Å²) >= 11 is 0. The molecule has 0 radical (unpaired) electrons. The molecule has 5 heteroatoms. The highest BCUT2D eigenvalue weighted by molar-refractivity contribution is 5.98. The van der Waals surface area contributed by atoms with Crippen LogP contribution in [0.4, 0.5) is 11.5 Å². The maximum atomic E-state index is 11.4. The lowest BCUT2D eigenvalue weighted by Crippen LogP contribution is -2.29. The molecule has 0 aliphatic heterocycles. The van der Waals surface area contributed by atoms with Crippen molar-refractivity contribution in [3.8, 4) is 0 Å². The molecule has 0 unspecified atom stereocenters. The van der Waals surface area contributed by atoms with Gasteiger partial charge in [-0.05, 0) is 31.7 Å². The molecule has 0 aromatic carbocycles. The second kappa shape index (κ2) is 4.61. The minimum Gasteiger partial charge on any atom is -0.397 e. The molecule has 17 heavy (non-hydrogen) atoms. The van der Waals surface area contributed by atoms with Crippen LogP contribution in [0, 0.1) is 5.92 Å². The summed E-state index contributed by atoms with van der Waals surface area (Å²) in [6, 6.07) is 1.60. The Morgan fingerprint density at radius 1 is 1.59 bits per heavy atom. The van der Waals surface area contributed by atoms with Crippen molar-refractivity contribution in [2.24, 2.45) is 11.7 Å². The van der Waals surface area contributed by atoms with Crippen molar-refractivity contribution in [2.45, 2.75) is 19.8 Å². The molecule has 0 spiro atoms. The number of rotatable bonds is 5. The van der Waals surface area contributed by atoms with Crippen LogP contribution in [0.25, 0.3) is 0 Å². The molecule has 0 saturated heterocycles. The highest BCUT2D eigenvalue weighted by Gasteiger charge is 2.26. The van der Waals surface area contributed by atoms with E-state index in [0.717, 1.165) is 19.0 Å². The average Bonchev–Trinajstić information content (AvgIpc) is 3.10. The van der Waals surface area contributed by atoms with Gasteiger partial charge in [0.25, 0.3) is 5.91 Å². The molecule has 1 aromatic heterocycles. The van der Waals surface area contributed by atoms with Crippen molar-refractivity contribution in [3.63, 3.8) is 0 Å². The van der Waals surface area contributed by atoms with E-state index in [2.05, 4.69) is 9.88 Å². The van der Waals surface area contributed by atoms with E-state index in [1.807, 2.05) is 6.92 Å². The predicted octanol–water partition coefficient (Wildman–Crippen LogP) is 0.999. The van der Waals surface area contributed by atoms with E-state index in [0.29, 0.717) is 17.1 Å². The second-order valence-electron chi connectivity index (χ2n) is 4.49. The monoisotopic (exact) mass is 234 g/mol. The Hall–Kier alpha value is -1.78. The topological polar surface area (TPSA) is 85.2 Å². The van der Waals surface area contributed by atoms with Crippen LogP contribution in [-0.4, -0.2) is 24.0 Å². The Kier molecular flexibility index (Phi) is 3.17. The summed E-state index contributed by atoms with van der Waals surface area (Å²) in [6.45, 7) is 3.80. The number of hydrogen-bond acceptors (Lipinski definition) is 4. The maximum absolute atomic E-state index is 11.4. The van der Waals surface area contributed by atoms with Gasteiger partial charge in [-0.15, -0.1) is 0 Å². The molecular weight excluding hydrogens is 216 g/mol. The highest BCUT2D eigenvalue weighted by atomic mass is 16.1. The molecule has 1 fully saturated rings. The first kappa shape index (κ1) is 11.7. The fourth-order valence-corrected chi connectivity index (χ4v) is 1.88. The van der Waals surface area contributed by atoms with E-state index in [4.69, 9.17) is 11.5 Å². The second-order valence-corrected chi connectivity index (χ2v) is 4.49. The summed E-state index contributed by atoms with van der Waals surface area (Å²) < 4.78 is 0. The van der Waals surface area contributed by atoms with E-state index in [9.17, 15) is 4.79 Å². The number of hydrogen-bond donors (Lipinski definition) is 2. The van der Waals surface area contributed by atoms with Crippen LogP contribution in [0.3, 0.4) is 0 Å². The van der Waals surface area contributed by atoms with Crippen molar-refractivity contribution in [1.82, 2.24) is 4.98 Å². The number of nitrogens with zero attached hydrogens (tertiary/aromatic N) is 2. The van der Waals surface area contributed by atoms with Gasteiger partial charge in [-0.25, -0.2) is 4.98 Å². The first-order chi connectivity index (χ1) is 8.11. The zero-order valence-corrected chi connectivity index (χ0v) is 10.0. The van der Waals surface area contributed by atoms with Crippen LogP contribution >= 0.6 is 0 Å². The Morgan fingerprint density at radius 3 is 2.82 bits per heavy atom. The Morgan fingerprint density at radius 2 is 2.29 bits per heavy atom. The van der Waals surface area contributed by atoms with Gasteiger partial charge in [0.1, 0.15) is 5.82 Å². The fraction of sp³-hybridized carbons (Fsp3) is 0.500. The van der Waals surface area contributed by atoms with Gasteiger partial charge in [-0.1, -0.05) is 0 Å². The first-order valence-electron chi connectivity index (χ1n) is 5.92. The van der Waals surface area contributed by atoms with Crippen LogP contribution in [0.2, 0.25) is 0 Å². The lowest BCUT2D eigenvalue weighted by atomic mass is 10.2. The van der Waals surface area contributed by atoms with E-state index in [1.165, 1.54) is 12.8 Å². The molecule has 4 N–H and O–H groups in total. The summed E-state index contributed by atoms with van der Waals surface area (Å²) in [4.78, 5) is 17.7. The summed E-state index contributed by atoms with van der Waals surface area (Å²) in [5.74, 6) is 0.908. The third-order valence-corrected chi connectivity index (χ3v) is 3.01. The molecule has 1 aliphatic carbocycles. The molecular formula is C12H18N4O. The minimum atomic E-state index is -0.478. The van der Waals surface area contributed by atoms with Crippen LogP contribution in [0.15, 0.2) is 12.3 Å². The van der Waals surface area contributed by atoms with Gasteiger partial charge in [0.15, 0.2) is 0 Å². The molecule has 92 valence electrons. The van der Waals surface area contributed by atoms with Crippen LogP contribution in [0.1, 0.15) is 30.1 Å². The number of carbonyl (C=O) groups is 1. The smallest absolute Gasteiger partial charge is 0.252 e. The molecule has 2 rings (SSSR count). The molecule has 1 saturated carbocycles. The number of nitrogens with two attached hydrogens (primary N) is 2. The zero-order chi connectivity index (χ0) is 12.4. The summed E-state index contributed by atoms with van der Waals surface area (Å²) in [6.07, 6.45) is 4.09. The van der Waals surface area contributed by atoms with Gasteiger partial charge in [0.05, 0.1) is 17.4 Å². The number of nitrogen functional groups attached to an aromatic ring is 1. The summed E-state index contributed by atoms with van der Waals surface area (Å²) in [5.41, 5.74) is 11.9. The third kappa shape index (κ3) is 2.67.